The van der Waals surface area contributed by atoms with Gasteiger partial charge >= 0.3 is 0 Å². The molecule has 0 aliphatic carbocycles. The summed E-state index contributed by atoms with van der Waals surface area (Å²) in [5, 5.41) is 0. The second-order valence-electron chi connectivity index (χ2n) is 8.10. The van der Waals surface area contributed by atoms with Gasteiger partial charge < -0.3 is 14.4 Å². The molecule has 138 valence electrons. The Morgan fingerprint density at radius 2 is 2.15 bits per heavy atom. The van der Waals surface area contributed by atoms with Crippen LogP contribution in [0.1, 0.15) is 37.3 Å². The lowest BCUT2D eigenvalue weighted by Gasteiger charge is -2.41. The molecule has 2 aromatic rings. The Kier molecular flexibility index (Phi) is 4.01. The molecule has 3 heterocycles. The zero-order valence-corrected chi connectivity index (χ0v) is 15.5. The molecule has 4 rings (SSSR count). The third kappa shape index (κ3) is 2.77. The van der Waals surface area contributed by atoms with Crippen LogP contribution in [0.4, 0.5) is 10.1 Å². The largest absolute Gasteiger partial charge is 0.363 e. The van der Waals surface area contributed by atoms with Crippen molar-refractivity contribution in [2.75, 3.05) is 18.0 Å². The first-order valence-electron chi connectivity index (χ1n) is 9.18. The monoisotopic (exact) mass is 356 g/mol. The molecule has 2 saturated heterocycles. The highest BCUT2D eigenvalue weighted by Gasteiger charge is 2.48. The van der Waals surface area contributed by atoms with Gasteiger partial charge in [0.15, 0.2) is 5.82 Å². The van der Waals surface area contributed by atoms with Crippen LogP contribution in [0, 0.1) is 11.7 Å². The summed E-state index contributed by atoms with van der Waals surface area (Å²) in [6.07, 6.45) is 5.33. The molecule has 2 aliphatic heterocycles. The lowest BCUT2D eigenvalue weighted by atomic mass is 9.89. The minimum atomic E-state index is -0.204. The fraction of sp³-hybridized carbons (Fsp3) is 0.500. The molecule has 6 heteroatoms. The minimum absolute atomic E-state index is 0.00189. The van der Waals surface area contributed by atoms with E-state index in [0.717, 1.165) is 25.1 Å². The highest BCUT2D eigenvalue weighted by molar-refractivity contribution is 5.91. The fourth-order valence-corrected chi connectivity index (χ4v) is 4.81. The van der Waals surface area contributed by atoms with E-state index in [4.69, 9.17) is 0 Å². The molecule has 5 nitrogen and oxygen atoms in total. The topological polar surface area (TPSA) is 41.4 Å². The Balaban J connectivity index is 1.57. The number of hydrogen-bond acceptors (Lipinski definition) is 3. The summed E-state index contributed by atoms with van der Waals surface area (Å²) in [5.41, 5.74) is 0.872. The number of rotatable bonds is 2. The van der Waals surface area contributed by atoms with E-state index in [-0.39, 0.29) is 17.3 Å². The summed E-state index contributed by atoms with van der Waals surface area (Å²) in [5.74, 6) is 0.663. The maximum atomic E-state index is 13.8. The molecule has 2 aliphatic rings. The molecule has 0 unspecified atom stereocenters. The van der Waals surface area contributed by atoms with Crippen molar-refractivity contribution >= 4 is 11.6 Å². The Hall–Kier alpha value is -2.37. The first-order chi connectivity index (χ1) is 12.4. The Morgan fingerprint density at radius 1 is 1.35 bits per heavy atom. The van der Waals surface area contributed by atoms with Crippen LogP contribution in [0.2, 0.25) is 0 Å². The van der Waals surface area contributed by atoms with E-state index < -0.39 is 0 Å². The minimum Gasteiger partial charge on any atom is -0.363 e. The van der Waals surface area contributed by atoms with Gasteiger partial charge in [-0.05, 0) is 50.8 Å². The summed E-state index contributed by atoms with van der Waals surface area (Å²) >= 11 is 0. The number of likely N-dealkylation sites (tertiary alicyclic amines) is 1. The third-order valence-electron chi connectivity index (χ3n) is 5.83. The van der Waals surface area contributed by atoms with Crippen molar-refractivity contribution in [2.24, 2.45) is 13.0 Å². The summed E-state index contributed by atoms with van der Waals surface area (Å²) in [4.78, 5) is 21.3. The predicted octanol–water partition coefficient (Wildman–Crippen LogP) is 3.08. The number of aromatic nitrogens is 2. The number of benzene rings is 1. The molecule has 1 aromatic carbocycles. The van der Waals surface area contributed by atoms with E-state index in [2.05, 4.69) is 23.7 Å². The number of piperidine rings is 1. The van der Waals surface area contributed by atoms with E-state index in [1.807, 2.05) is 18.0 Å². The number of carbonyl (C=O) groups is 1. The molecule has 2 fully saturated rings. The lowest BCUT2D eigenvalue weighted by Crippen LogP contribution is -2.50. The normalized spacial score (nSPS) is 24.6. The molecular formula is C20H25FN4O. The molecule has 0 spiro atoms. The van der Waals surface area contributed by atoms with Crippen LogP contribution in [0.25, 0.3) is 0 Å². The fourth-order valence-electron chi connectivity index (χ4n) is 4.81. The molecule has 1 aromatic heterocycles. The van der Waals surface area contributed by atoms with Crippen LogP contribution < -0.4 is 4.90 Å². The van der Waals surface area contributed by atoms with Gasteiger partial charge in [0.1, 0.15) is 5.82 Å². The van der Waals surface area contributed by atoms with Gasteiger partial charge in [-0.1, -0.05) is 6.07 Å². The van der Waals surface area contributed by atoms with Gasteiger partial charge in [-0.15, -0.1) is 0 Å². The number of nitrogens with zero attached hydrogens (tertiary/aromatic N) is 4. The maximum absolute atomic E-state index is 13.8. The first-order valence-corrected chi connectivity index (χ1v) is 9.18. The van der Waals surface area contributed by atoms with Gasteiger partial charge in [0.2, 0.25) is 0 Å². The standard InChI is InChI=1S/C20H25FN4O/c1-20(2)12-14-13-24(19(26)18-22-8-10-23(18)3)9-7-17(14)25(20)16-6-4-5-15(21)11-16/h4-6,8,10-11,14,17H,7,9,12-13H2,1-3H3/t14-,17+/m1/s1. The Labute approximate surface area is 153 Å². The van der Waals surface area contributed by atoms with E-state index in [1.165, 1.54) is 6.07 Å². The van der Waals surface area contributed by atoms with Gasteiger partial charge in [-0.2, -0.15) is 0 Å². The van der Waals surface area contributed by atoms with Crippen molar-refractivity contribution in [3.05, 3.63) is 48.3 Å². The zero-order chi connectivity index (χ0) is 18.5. The number of amides is 1. The predicted molar refractivity (Wildman–Crippen MR) is 98.6 cm³/mol. The highest BCUT2D eigenvalue weighted by atomic mass is 19.1. The molecule has 0 saturated carbocycles. The molecule has 2 atom stereocenters. The van der Waals surface area contributed by atoms with Crippen LogP contribution in [0.15, 0.2) is 36.7 Å². The van der Waals surface area contributed by atoms with Gasteiger partial charge in [0.05, 0.1) is 0 Å². The van der Waals surface area contributed by atoms with Crippen molar-refractivity contribution in [3.63, 3.8) is 0 Å². The second kappa shape index (κ2) is 6.11. The summed E-state index contributed by atoms with van der Waals surface area (Å²) in [7, 11) is 1.84. The number of hydrogen-bond donors (Lipinski definition) is 0. The summed E-state index contributed by atoms with van der Waals surface area (Å²) < 4.78 is 15.5. The van der Waals surface area contributed by atoms with Crippen LogP contribution >= 0.6 is 0 Å². The Bertz CT molecular complexity index is 831. The number of halogens is 1. The van der Waals surface area contributed by atoms with Crippen LogP contribution in [-0.2, 0) is 7.05 Å². The third-order valence-corrected chi connectivity index (χ3v) is 5.83. The van der Waals surface area contributed by atoms with Crippen LogP contribution in [0.3, 0.4) is 0 Å². The SMILES string of the molecule is Cn1ccnc1C(=O)N1CC[C@H]2[C@@H](C1)CC(C)(C)N2c1cccc(F)c1. The molecule has 0 bridgehead atoms. The summed E-state index contributed by atoms with van der Waals surface area (Å²) in [6.45, 7) is 5.85. The maximum Gasteiger partial charge on any atom is 0.289 e. The zero-order valence-electron chi connectivity index (χ0n) is 15.5. The van der Waals surface area contributed by atoms with Crippen LogP contribution in [0.5, 0.6) is 0 Å². The average Bonchev–Trinajstić information content (AvgIpc) is 3.12. The Morgan fingerprint density at radius 3 is 2.85 bits per heavy atom. The van der Waals surface area contributed by atoms with E-state index in [1.54, 1.807) is 29.1 Å². The molecule has 1 amide bonds. The second-order valence-corrected chi connectivity index (χ2v) is 8.10. The van der Waals surface area contributed by atoms with Crippen molar-refractivity contribution in [1.82, 2.24) is 14.5 Å². The van der Waals surface area contributed by atoms with Crippen molar-refractivity contribution in [3.8, 4) is 0 Å². The number of anilines is 1. The van der Waals surface area contributed by atoms with Crippen molar-refractivity contribution < 1.29 is 9.18 Å². The average molecular weight is 356 g/mol. The van der Waals surface area contributed by atoms with Crippen molar-refractivity contribution in [1.29, 1.82) is 0 Å². The molecular weight excluding hydrogens is 331 g/mol. The number of imidazole rings is 1. The van der Waals surface area contributed by atoms with Gasteiger partial charge in [0, 0.05) is 49.8 Å². The number of carbonyl (C=O) groups excluding carboxylic acids is 1. The number of fused-ring (bicyclic) bond motifs is 1. The van der Waals surface area contributed by atoms with Crippen molar-refractivity contribution in [2.45, 2.75) is 38.3 Å². The highest BCUT2D eigenvalue weighted by Crippen LogP contribution is 2.44. The first kappa shape index (κ1) is 17.1. The van der Waals surface area contributed by atoms with Crippen LogP contribution in [-0.4, -0.2) is 45.0 Å². The smallest absolute Gasteiger partial charge is 0.289 e. The van der Waals surface area contributed by atoms with Gasteiger partial charge in [-0.25, -0.2) is 9.37 Å². The summed E-state index contributed by atoms with van der Waals surface area (Å²) in [6, 6.07) is 7.19. The van der Waals surface area contributed by atoms with E-state index >= 15 is 0 Å². The van der Waals surface area contributed by atoms with Gasteiger partial charge in [-0.3, -0.25) is 4.79 Å². The number of aryl methyl sites for hydroxylation is 1. The van der Waals surface area contributed by atoms with E-state index in [9.17, 15) is 9.18 Å². The van der Waals surface area contributed by atoms with Gasteiger partial charge in [0.25, 0.3) is 5.91 Å². The van der Waals surface area contributed by atoms with E-state index in [0.29, 0.717) is 24.3 Å². The quantitative estimate of drug-likeness (QED) is 0.830. The molecule has 0 N–H and O–H groups in total. The molecule has 0 radical (unpaired) electrons. The molecule has 26 heavy (non-hydrogen) atoms. The lowest BCUT2D eigenvalue weighted by molar-refractivity contribution is 0.0651.